The van der Waals surface area contributed by atoms with Gasteiger partial charge in [-0.15, -0.1) is 0 Å². The van der Waals surface area contributed by atoms with E-state index in [0.29, 0.717) is 36.8 Å². The van der Waals surface area contributed by atoms with Gasteiger partial charge in [-0.05, 0) is 164 Å². The van der Waals surface area contributed by atoms with Crippen LogP contribution >= 0.6 is 0 Å². The first kappa shape index (κ1) is 93.3. The lowest BCUT2D eigenvalue weighted by atomic mass is 9.83. The van der Waals surface area contributed by atoms with Crippen LogP contribution in [0.4, 0.5) is 0 Å². The van der Waals surface area contributed by atoms with Crippen molar-refractivity contribution in [1.82, 2.24) is 53.2 Å². The maximum absolute atomic E-state index is 14.2. The number of nitrogens with one attached hydrogen (secondary N) is 10. The number of carbonyl (C=O) groups excluding carboxylic acids is 13. The summed E-state index contributed by atoms with van der Waals surface area (Å²) in [5, 5.41) is 38.7. The Balaban J connectivity index is 0.000000321. The molecule has 634 valence electrons. The van der Waals surface area contributed by atoms with Crippen molar-refractivity contribution in [3.63, 3.8) is 0 Å². The van der Waals surface area contributed by atoms with Gasteiger partial charge in [0.05, 0.1) is 25.2 Å². The normalized spacial score (nSPS) is 20.2. The molecule has 10 amide bonds. The number of aliphatic hydroxyl groups excluding tert-OH is 1. The number of ketones is 1. The number of fused-ring (bicyclic) bond motifs is 4. The fourth-order valence-corrected chi connectivity index (χ4v) is 15.3. The highest BCUT2D eigenvalue weighted by atomic mass is 16.6. The molecule has 2 aliphatic heterocycles. The minimum atomic E-state index is -1.74. The first-order valence-corrected chi connectivity index (χ1v) is 42.4. The zero-order valence-corrected chi connectivity index (χ0v) is 69.4. The van der Waals surface area contributed by atoms with Gasteiger partial charge < -0.3 is 67.7 Å². The van der Waals surface area contributed by atoms with E-state index in [0.717, 1.165) is 164 Å². The second-order valence-corrected chi connectivity index (χ2v) is 33.4. The Labute approximate surface area is 684 Å². The molecule has 2 heterocycles. The largest absolute Gasteiger partial charge is 0.458 e. The lowest BCUT2D eigenvalue weighted by Crippen LogP contribution is -2.59. The summed E-state index contributed by atoms with van der Waals surface area (Å²) in [4.78, 5) is 175. The molecule has 0 aromatic heterocycles. The van der Waals surface area contributed by atoms with Gasteiger partial charge in [0.2, 0.25) is 53.0 Å². The van der Waals surface area contributed by atoms with Gasteiger partial charge in [0.1, 0.15) is 35.4 Å². The molecule has 2 saturated carbocycles. The minimum Gasteiger partial charge on any atom is -0.458 e. The topological polar surface area (TPSA) is 381 Å². The van der Waals surface area contributed by atoms with Crippen molar-refractivity contribution in [3.05, 3.63) is 143 Å². The molecule has 0 radical (unpaired) electrons. The predicted octanol–water partition coefficient (Wildman–Crippen LogP) is 9.48. The molecular weight excluding hydrogens is 1480 g/mol. The quantitative estimate of drug-likeness (QED) is 0.0230. The lowest BCUT2D eigenvalue weighted by Gasteiger charge is -2.32. The molecule has 4 bridgehead atoms. The van der Waals surface area contributed by atoms with Crippen LogP contribution in [0.1, 0.15) is 268 Å². The third-order valence-corrected chi connectivity index (χ3v) is 21.3. The van der Waals surface area contributed by atoms with Gasteiger partial charge >= 0.3 is 11.9 Å². The van der Waals surface area contributed by atoms with Crippen molar-refractivity contribution in [2.75, 3.05) is 13.1 Å². The second-order valence-electron chi connectivity index (χ2n) is 33.4. The van der Waals surface area contributed by atoms with Crippen LogP contribution in [0.3, 0.4) is 0 Å². The molecule has 3 unspecified atom stereocenters. The summed E-state index contributed by atoms with van der Waals surface area (Å²) in [5.41, 5.74) is 3.25. The predicted molar refractivity (Wildman–Crippen MR) is 441 cm³/mol. The minimum absolute atomic E-state index is 0.0607. The fourth-order valence-electron chi connectivity index (χ4n) is 15.3. The zero-order valence-electron chi connectivity index (χ0n) is 69.4. The average Bonchev–Trinajstić information content (AvgIpc) is 0.926. The first-order chi connectivity index (χ1) is 55.5. The summed E-state index contributed by atoms with van der Waals surface area (Å²) >= 11 is 0. The van der Waals surface area contributed by atoms with Gasteiger partial charge in [0.25, 0.3) is 11.8 Å². The van der Waals surface area contributed by atoms with Crippen LogP contribution in [0.5, 0.6) is 0 Å². The number of aryl methyl sites for hydroxylation is 2. The highest BCUT2D eigenvalue weighted by Gasteiger charge is 2.39. The number of amides is 10. The Morgan fingerprint density at radius 1 is 0.440 bits per heavy atom. The van der Waals surface area contributed by atoms with Crippen LogP contribution < -0.4 is 53.2 Å². The number of hydrogen-bond donors (Lipinski definition) is 11. The molecule has 4 aromatic rings. The standard InChI is InChI=1S/C45H65N5O8.C45H63N5O8/c2*1-5-18-34(40(53)43(56)46-29-37(52)50-39(33-24-14-10-15-25-33)44(57)58-45(2,3)4)47-41(54)35-28-31-21-17-20-30(27-31)19-11-7-6-8-16-26-36(51)49-38(42(55)48-35)32-22-12-9-13-23-32/h10,14-15,17,20-21,24-25,27,32,34-35,38-40,53H,5-9,11-13,16,18-19,22-23,26,28-29H2,1-4H3,(H,46,56)(H,47,54)(H,48,55)(H,49,51)(H,50,52);10,14-15,17,20-21,24-25,27,32,34-35,38-39H,5-9,11-13,16,18-19,22-23,26,28-29H2,1-4H3,(H,46,56)(H,47,54)(H,48,55)(H,49,51)(H,50,52)/t34?,35-,38-,39-,40?;34?,35-,38-,39-/m00/s1. The monoisotopic (exact) mass is 1600 g/mol. The number of hydrogen-bond acceptors (Lipinski definition) is 16. The third-order valence-electron chi connectivity index (χ3n) is 21.3. The summed E-state index contributed by atoms with van der Waals surface area (Å²) in [5.74, 6) is -8.34. The van der Waals surface area contributed by atoms with Crippen LogP contribution in [0, 0.1) is 11.8 Å². The Morgan fingerprint density at radius 3 is 1.23 bits per heavy atom. The van der Waals surface area contributed by atoms with E-state index in [2.05, 4.69) is 59.2 Å². The van der Waals surface area contributed by atoms with Gasteiger partial charge in [-0.25, -0.2) is 9.59 Å². The molecule has 11 N–H and O–H groups in total. The van der Waals surface area contributed by atoms with E-state index in [-0.39, 0.29) is 49.3 Å². The van der Waals surface area contributed by atoms with Gasteiger partial charge in [-0.1, -0.05) is 213 Å². The fraction of sp³-hybridized carbons (Fsp3) is 0.589. The van der Waals surface area contributed by atoms with Crippen LogP contribution in [-0.4, -0.2) is 149 Å². The highest BCUT2D eigenvalue weighted by molar-refractivity contribution is 6.38. The van der Waals surface area contributed by atoms with Crippen molar-refractivity contribution >= 4 is 76.8 Å². The molecule has 2 fully saturated rings. The molecule has 4 aliphatic rings. The van der Waals surface area contributed by atoms with E-state index in [1.165, 1.54) is 0 Å². The van der Waals surface area contributed by atoms with Crippen molar-refractivity contribution in [2.24, 2.45) is 11.8 Å². The van der Waals surface area contributed by atoms with Gasteiger partial charge in [-0.3, -0.25) is 52.7 Å². The number of ether oxygens (including phenoxy) is 2. The lowest BCUT2D eigenvalue weighted by molar-refractivity contribution is -0.159. The van der Waals surface area contributed by atoms with E-state index >= 15 is 0 Å². The summed E-state index contributed by atoms with van der Waals surface area (Å²) in [7, 11) is 0. The van der Waals surface area contributed by atoms with Gasteiger partial charge in [0, 0.05) is 25.7 Å². The van der Waals surface area contributed by atoms with Crippen LogP contribution in [0.15, 0.2) is 109 Å². The van der Waals surface area contributed by atoms with E-state index < -0.39 is 144 Å². The molecule has 9 atom stereocenters. The molecular formula is C90H128N10O16. The van der Waals surface area contributed by atoms with Crippen LogP contribution in [0.25, 0.3) is 0 Å². The molecule has 0 saturated heterocycles. The smallest absolute Gasteiger partial charge is 0.333 e. The van der Waals surface area contributed by atoms with Crippen molar-refractivity contribution in [3.8, 4) is 0 Å². The number of rotatable bonds is 24. The molecule has 2 aliphatic carbocycles. The number of benzene rings is 4. The molecule has 116 heavy (non-hydrogen) atoms. The number of carbonyl (C=O) groups is 13. The summed E-state index contributed by atoms with van der Waals surface area (Å²) < 4.78 is 11.0. The molecule has 8 rings (SSSR count). The molecule has 4 aromatic carbocycles. The third kappa shape index (κ3) is 32.7. The van der Waals surface area contributed by atoms with E-state index in [4.69, 9.17) is 9.47 Å². The number of Topliss-reactive ketones (excluding diaryl/α,β-unsaturated/α-hetero) is 1. The zero-order chi connectivity index (χ0) is 84.2. The molecule has 26 nitrogen and oxygen atoms in total. The SMILES string of the molecule is CCCC(NC(=O)[C@@H]1Cc2cccc(c2)CCCCCCCC(=O)N[C@@H](C2CCCCC2)C(=O)N1)C(=O)C(=O)NCC(=O)N[C@H](C(=O)OC(C)(C)C)c1ccccc1.CCCC(NC(=O)[C@@H]1Cc2cccc(c2)CCCCCCCC(=O)N[C@@H](C2CCCCC2)C(=O)N1)C(O)C(=O)NCC(=O)N[C@H](C(=O)OC(C)(C)C)c1ccccc1. The van der Waals surface area contributed by atoms with E-state index in [9.17, 15) is 67.4 Å². The summed E-state index contributed by atoms with van der Waals surface area (Å²) in [6.07, 6.45) is 20.7. The molecule has 0 spiro atoms. The molecule has 26 heteroatoms. The number of aliphatic hydroxyl groups is 1. The average molecular weight is 1610 g/mol. The Hall–Kier alpha value is -9.85. The first-order valence-electron chi connectivity index (χ1n) is 42.4. The van der Waals surface area contributed by atoms with Crippen LogP contribution in [-0.2, 0) is 97.5 Å². The van der Waals surface area contributed by atoms with Crippen LogP contribution in [0.2, 0.25) is 0 Å². The van der Waals surface area contributed by atoms with Crippen molar-refractivity contribution in [2.45, 2.75) is 314 Å². The van der Waals surface area contributed by atoms with E-state index in [1.807, 2.05) is 49.4 Å². The summed E-state index contributed by atoms with van der Waals surface area (Å²) in [6, 6.07) is 24.5. The summed E-state index contributed by atoms with van der Waals surface area (Å²) in [6.45, 7) is 12.7. The maximum Gasteiger partial charge on any atom is 0.333 e. The Kier molecular flexibility index (Phi) is 38.6. The van der Waals surface area contributed by atoms with Crippen molar-refractivity contribution < 1.29 is 76.9 Å². The Bertz CT molecular complexity index is 3890. The highest BCUT2D eigenvalue weighted by Crippen LogP contribution is 2.30. The van der Waals surface area contributed by atoms with Gasteiger partial charge in [-0.2, -0.15) is 0 Å². The number of esters is 2. The Morgan fingerprint density at radius 2 is 0.819 bits per heavy atom. The van der Waals surface area contributed by atoms with Gasteiger partial charge in [0.15, 0.2) is 18.2 Å². The van der Waals surface area contributed by atoms with E-state index in [1.54, 1.807) is 109 Å². The second kappa shape index (κ2) is 48.0. The maximum atomic E-state index is 14.2. The van der Waals surface area contributed by atoms with Crippen molar-refractivity contribution in [1.29, 1.82) is 0 Å².